The number of ether oxygens (including phenoxy) is 1. The summed E-state index contributed by atoms with van der Waals surface area (Å²) in [5.41, 5.74) is 0.668. The lowest BCUT2D eigenvalue weighted by atomic mass is 10.1. The van der Waals surface area contributed by atoms with Gasteiger partial charge in [-0.1, -0.05) is 6.92 Å². The Morgan fingerprint density at radius 2 is 1.74 bits per heavy atom. The number of β-amino-alcohol motifs (C(OH)–C–C–N with tert-alkyl or cyclic N) is 1. The summed E-state index contributed by atoms with van der Waals surface area (Å²) in [5, 5.41) is 10.1. The first-order valence-corrected chi connectivity index (χ1v) is 7.95. The summed E-state index contributed by atoms with van der Waals surface area (Å²) in [4.78, 5) is 15.9. The van der Waals surface area contributed by atoms with Gasteiger partial charge in [-0.05, 0) is 37.7 Å². The molecule has 0 aliphatic carbocycles. The number of likely N-dealkylation sites (N-methyl/N-ethyl adjacent to an activating group) is 1. The summed E-state index contributed by atoms with van der Waals surface area (Å²) in [6.07, 6.45) is -0.499. The van der Waals surface area contributed by atoms with E-state index >= 15 is 0 Å². The molecule has 23 heavy (non-hydrogen) atoms. The van der Waals surface area contributed by atoms with Crippen LogP contribution in [0, 0.1) is 0 Å². The number of nitrogens with zero attached hydrogens (tertiary/aromatic N) is 2. The zero-order chi connectivity index (χ0) is 15.9. The number of aliphatic hydroxyl groups excluding tert-OH is 1. The van der Waals surface area contributed by atoms with Crippen LogP contribution in [0.3, 0.4) is 0 Å². The van der Waals surface area contributed by atoms with Gasteiger partial charge in [0.25, 0.3) is 0 Å². The third-order valence-corrected chi connectivity index (χ3v) is 4.08. The van der Waals surface area contributed by atoms with Crippen LogP contribution in [0.1, 0.15) is 24.2 Å². The van der Waals surface area contributed by atoms with Crippen molar-refractivity contribution in [2.24, 2.45) is 0 Å². The average molecular weight is 342 g/mol. The minimum absolute atomic E-state index is 0. The van der Waals surface area contributed by atoms with Gasteiger partial charge in [-0.15, -0.1) is 0 Å². The van der Waals surface area contributed by atoms with Crippen molar-refractivity contribution >= 4 is 5.78 Å². The molecule has 1 unspecified atom stereocenters. The molecule has 1 atom stereocenters. The molecule has 0 aromatic heterocycles. The van der Waals surface area contributed by atoms with E-state index in [4.69, 9.17) is 4.74 Å². The van der Waals surface area contributed by atoms with Gasteiger partial charge in [0, 0.05) is 38.3 Å². The number of rotatable bonds is 7. The second-order valence-electron chi connectivity index (χ2n) is 5.78. The summed E-state index contributed by atoms with van der Waals surface area (Å²) >= 11 is 0. The van der Waals surface area contributed by atoms with Crippen molar-refractivity contribution < 1.29 is 27.0 Å². The smallest absolute Gasteiger partial charge is 0.159 e. The van der Waals surface area contributed by atoms with Crippen molar-refractivity contribution in [2.75, 3.05) is 45.9 Å². The number of ketones is 1. The predicted octanol–water partition coefficient (Wildman–Crippen LogP) is -1.73. The third kappa shape index (κ3) is 6.47. The molecule has 0 amide bonds. The molecule has 0 saturated carbocycles. The standard InChI is InChI=1S/C17H26N2O3.ClH/c1-3-18-8-10-19(11-9-18)12-16(21)13-22-17-6-4-15(5-7-17)14(2)20;/h4-7,16,21H,3,8-13H2,1-2H3;1H/p-1. The van der Waals surface area contributed by atoms with E-state index in [1.54, 1.807) is 24.3 Å². The first kappa shape index (κ1) is 19.9. The molecule has 1 aliphatic rings. The number of aliphatic hydroxyl groups is 1. The Morgan fingerprint density at radius 1 is 1.17 bits per heavy atom. The molecule has 0 spiro atoms. The van der Waals surface area contributed by atoms with Crippen molar-refractivity contribution in [3.63, 3.8) is 0 Å². The summed E-state index contributed by atoms with van der Waals surface area (Å²) in [6, 6.07) is 7.02. The Hall–Kier alpha value is -1.14. The molecule has 0 radical (unpaired) electrons. The fourth-order valence-electron chi connectivity index (χ4n) is 2.62. The summed E-state index contributed by atoms with van der Waals surface area (Å²) in [6.45, 7) is 9.85. The maximum atomic E-state index is 11.2. The van der Waals surface area contributed by atoms with E-state index in [1.807, 2.05) is 0 Å². The van der Waals surface area contributed by atoms with Crippen molar-refractivity contribution in [1.29, 1.82) is 0 Å². The number of benzene rings is 1. The van der Waals surface area contributed by atoms with Crippen LogP contribution in [0.25, 0.3) is 0 Å². The van der Waals surface area contributed by atoms with Crippen LogP contribution in [0.15, 0.2) is 24.3 Å². The highest BCUT2D eigenvalue weighted by atomic mass is 35.5. The summed E-state index contributed by atoms with van der Waals surface area (Å²) in [7, 11) is 0. The van der Waals surface area contributed by atoms with Crippen LogP contribution in [0.4, 0.5) is 0 Å². The normalized spacial score (nSPS) is 17.3. The highest BCUT2D eigenvalue weighted by Gasteiger charge is 2.18. The average Bonchev–Trinajstić information content (AvgIpc) is 2.54. The van der Waals surface area contributed by atoms with Crippen molar-refractivity contribution in [3.8, 4) is 5.75 Å². The highest BCUT2D eigenvalue weighted by molar-refractivity contribution is 5.94. The number of carbonyl (C=O) groups excluding carboxylic acids is 1. The van der Waals surface area contributed by atoms with Crippen LogP contribution in [0.2, 0.25) is 0 Å². The molecule has 0 bridgehead atoms. The van der Waals surface area contributed by atoms with E-state index in [1.165, 1.54) is 6.92 Å². The Labute approximate surface area is 144 Å². The highest BCUT2D eigenvalue weighted by Crippen LogP contribution is 2.13. The van der Waals surface area contributed by atoms with Gasteiger partial charge in [-0.3, -0.25) is 9.69 Å². The lowest BCUT2D eigenvalue weighted by molar-refractivity contribution is -0.0000152. The van der Waals surface area contributed by atoms with Crippen LogP contribution in [-0.2, 0) is 0 Å². The summed E-state index contributed by atoms with van der Waals surface area (Å²) < 4.78 is 5.59. The molecule has 1 aliphatic heterocycles. The van der Waals surface area contributed by atoms with E-state index < -0.39 is 6.10 Å². The van der Waals surface area contributed by atoms with Gasteiger partial charge in [-0.25, -0.2) is 0 Å². The van der Waals surface area contributed by atoms with Gasteiger partial charge in [0.05, 0.1) is 0 Å². The lowest BCUT2D eigenvalue weighted by Gasteiger charge is -2.34. The molecule has 2 rings (SSSR count). The van der Waals surface area contributed by atoms with Gasteiger partial charge in [0.2, 0.25) is 0 Å². The van der Waals surface area contributed by atoms with Crippen LogP contribution >= 0.6 is 0 Å². The van der Waals surface area contributed by atoms with Gasteiger partial charge >= 0.3 is 0 Å². The van der Waals surface area contributed by atoms with Gasteiger partial charge in [0.15, 0.2) is 5.78 Å². The Balaban J connectivity index is 0.00000264. The Bertz CT molecular complexity index is 473. The maximum Gasteiger partial charge on any atom is 0.159 e. The minimum Gasteiger partial charge on any atom is -1.00 e. The lowest BCUT2D eigenvalue weighted by Crippen LogP contribution is -3.00. The number of carbonyl (C=O) groups is 1. The van der Waals surface area contributed by atoms with Crippen LogP contribution < -0.4 is 17.1 Å². The van der Waals surface area contributed by atoms with Crippen molar-refractivity contribution in [3.05, 3.63) is 29.8 Å². The van der Waals surface area contributed by atoms with Crippen molar-refractivity contribution in [2.45, 2.75) is 20.0 Å². The SMILES string of the molecule is CCN1CCN(CC(O)COc2ccc(C(C)=O)cc2)CC1.[Cl-]. The van der Waals surface area contributed by atoms with Crippen molar-refractivity contribution in [1.82, 2.24) is 9.80 Å². The molecule has 1 aromatic carbocycles. The van der Waals surface area contributed by atoms with Gasteiger partial charge in [-0.2, -0.15) is 0 Å². The molecular formula is C17H26ClN2O3-. The molecule has 1 N–H and O–H groups in total. The Morgan fingerprint density at radius 3 is 2.26 bits per heavy atom. The van der Waals surface area contributed by atoms with E-state index in [0.29, 0.717) is 17.9 Å². The minimum atomic E-state index is -0.499. The number of hydrogen-bond donors (Lipinski definition) is 1. The number of Topliss-reactive ketones (excluding diaryl/α,β-unsaturated/α-hetero) is 1. The van der Waals surface area contributed by atoms with E-state index in [2.05, 4.69) is 16.7 Å². The molecule has 1 heterocycles. The zero-order valence-corrected chi connectivity index (χ0v) is 14.6. The second kappa shape index (κ2) is 9.88. The van der Waals surface area contributed by atoms with Gasteiger partial charge < -0.3 is 27.2 Å². The predicted molar refractivity (Wildman–Crippen MR) is 86.5 cm³/mol. The van der Waals surface area contributed by atoms with E-state index in [9.17, 15) is 9.90 Å². The molecule has 6 heteroatoms. The zero-order valence-electron chi connectivity index (χ0n) is 13.9. The molecule has 1 fully saturated rings. The van der Waals surface area contributed by atoms with Crippen LogP contribution in [-0.4, -0.2) is 72.7 Å². The Kier molecular flexibility index (Phi) is 8.55. The van der Waals surface area contributed by atoms with Crippen LogP contribution in [0.5, 0.6) is 5.75 Å². The molecular weight excluding hydrogens is 316 g/mol. The second-order valence-corrected chi connectivity index (χ2v) is 5.78. The van der Waals surface area contributed by atoms with Gasteiger partial charge in [0.1, 0.15) is 18.5 Å². The largest absolute Gasteiger partial charge is 1.00 e. The summed E-state index contributed by atoms with van der Waals surface area (Å²) in [5.74, 6) is 0.720. The maximum absolute atomic E-state index is 11.2. The fraction of sp³-hybridized carbons (Fsp3) is 0.588. The van der Waals surface area contributed by atoms with E-state index in [-0.39, 0.29) is 24.8 Å². The number of hydrogen-bond acceptors (Lipinski definition) is 5. The quantitative estimate of drug-likeness (QED) is 0.597. The molecule has 1 saturated heterocycles. The topological polar surface area (TPSA) is 53.0 Å². The first-order valence-electron chi connectivity index (χ1n) is 7.95. The monoisotopic (exact) mass is 341 g/mol. The number of halogens is 1. The van der Waals surface area contributed by atoms with E-state index in [0.717, 1.165) is 32.7 Å². The fourth-order valence-corrected chi connectivity index (χ4v) is 2.62. The third-order valence-electron chi connectivity index (χ3n) is 4.08. The molecule has 5 nitrogen and oxygen atoms in total. The molecule has 1 aromatic rings. The first-order chi connectivity index (χ1) is 10.6. The molecule has 130 valence electrons. The number of piperazine rings is 1.